The summed E-state index contributed by atoms with van der Waals surface area (Å²) >= 11 is 0. The quantitative estimate of drug-likeness (QED) is 0.916. The maximum absolute atomic E-state index is 5.45. The summed E-state index contributed by atoms with van der Waals surface area (Å²) in [5.41, 5.74) is 1.26. The molecular formula is C16H24N2O2. The van der Waals surface area contributed by atoms with Crippen molar-refractivity contribution in [1.82, 2.24) is 10.2 Å². The van der Waals surface area contributed by atoms with Crippen molar-refractivity contribution < 1.29 is 9.47 Å². The lowest BCUT2D eigenvalue weighted by molar-refractivity contribution is 0.174. The highest BCUT2D eigenvalue weighted by Crippen LogP contribution is 2.34. The molecule has 2 unspecified atom stereocenters. The maximum Gasteiger partial charge on any atom is 0.231 e. The SMILES string of the molecule is CC(NC1CCN(C(C)C)C1)c1ccc2c(c1)OCO2. The van der Waals surface area contributed by atoms with E-state index in [2.05, 4.69) is 43.1 Å². The highest BCUT2D eigenvalue weighted by atomic mass is 16.7. The first-order chi connectivity index (χ1) is 9.63. The van der Waals surface area contributed by atoms with Crippen LogP contribution in [0.5, 0.6) is 11.5 Å². The standard InChI is InChI=1S/C16H24N2O2/c1-11(2)18-7-6-14(9-18)17-12(3)13-4-5-15-16(8-13)20-10-19-15/h4-5,8,11-12,14,17H,6-7,9-10H2,1-3H3. The van der Waals surface area contributed by atoms with E-state index in [9.17, 15) is 0 Å². The minimum Gasteiger partial charge on any atom is -0.454 e. The van der Waals surface area contributed by atoms with E-state index >= 15 is 0 Å². The normalized spacial score (nSPS) is 23.5. The van der Waals surface area contributed by atoms with Crippen molar-refractivity contribution in [3.8, 4) is 11.5 Å². The zero-order valence-electron chi connectivity index (χ0n) is 12.6. The van der Waals surface area contributed by atoms with Crippen molar-refractivity contribution in [3.63, 3.8) is 0 Å². The van der Waals surface area contributed by atoms with E-state index in [1.165, 1.54) is 18.5 Å². The molecule has 1 aromatic rings. The first kappa shape index (κ1) is 13.7. The van der Waals surface area contributed by atoms with E-state index in [1.807, 2.05) is 6.07 Å². The third-order valence-electron chi connectivity index (χ3n) is 4.33. The first-order valence-corrected chi connectivity index (χ1v) is 7.53. The Morgan fingerprint density at radius 1 is 1.20 bits per heavy atom. The highest BCUT2D eigenvalue weighted by molar-refractivity contribution is 5.45. The van der Waals surface area contributed by atoms with Crippen LogP contribution in [0, 0.1) is 0 Å². The van der Waals surface area contributed by atoms with E-state index in [1.54, 1.807) is 0 Å². The monoisotopic (exact) mass is 276 g/mol. The van der Waals surface area contributed by atoms with Gasteiger partial charge in [-0.3, -0.25) is 4.90 Å². The minimum absolute atomic E-state index is 0.335. The molecule has 2 heterocycles. The molecule has 3 rings (SSSR count). The molecule has 2 atom stereocenters. The van der Waals surface area contributed by atoms with Crippen LogP contribution in [0.15, 0.2) is 18.2 Å². The van der Waals surface area contributed by atoms with Crippen LogP contribution < -0.4 is 14.8 Å². The number of benzene rings is 1. The summed E-state index contributed by atoms with van der Waals surface area (Å²) in [6.07, 6.45) is 1.23. The van der Waals surface area contributed by atoms with E-state index in [0.29, 0.717) is 24.9 Å². The second-order valence-corrected chi connectivity index (χ2v) is 6.08. The average Bonchev–Trinajstić information content (AvgIpc) is 3.05. The number of rotatable bonds is 4. The van der Waals surface area contributed by atoms with Crippen LogP contribution in [-0.4, -0.2) is 36.9 Å². The molecule has 110 valence electrons. The molecule has 2 aliphatic rings. The Labute approximate surface area is 121 Å². The van der Waals surface area contributed by atoms with Gasteiger partial charge in [-0.05, 0) is 51.4 Å². The molecule has 20 heavy (non-hydrogen) atoms. The number of ether oxygens (including phenoxy) is 2. The van der Waals surface area contributed by atoms with Crippen molar-refractivity contribution >= 4 is 0 Å². The minimum atomic E-state index is 0.335. The molecular weight excluding hydrogens is 252 g/mol. The van der Waals surface area contributed by atoms with Crippen molar-refractivity contribution in [2.24, 2.45) is 0 Å². The first-order valence-electron chi connectivity index (χ1n) is 7.53. The van der Waals surface area contributed by atoms with Gasteiger partial charge in [0.2, 0.25) is 6.79 Å². The Kier molecular flexibility index (Phi) is 3.85. The van der Waals surface area contributed by atoms with Crippen LogP contribution in [0.4, 0.5) is 0 Å². The predicted molar refractivity (Wildman–Crippen MR) is 79.2 cm³/mol. The Bertz CT molecular complexity index is 476. The van der Waals surface area contributed by atoms with Crippen LogP contribution >= 0.6 is 0 Å². The average molecular weight is 276 g/mol. The number of nitrogens with one attached hydrogen (secondary N) is 1. The second-order valence-electron chi connectivity index (χ2n) is 6.08. The molecule has 2 aliphatic heterocycles. The van der Waals surface area contributed by atoms with E-state index in [0.717, 1.165) is 18.0 Å². The Hall–Kier alpha value is -1.26. The van der Waals surface area contributed by atoms with Gasteiger partial charge >= 0.3 is 0 Å². The summed E-state index contributed by atoms with van der Waals surface area (Å²) in [4.78, 5) is 2.53. The largest absolute Gasteiger partial charge is 0.454 e. The lowest BCUT2D eigenvalue weighted by atomic mass is 10.1. The topological polar surface area (TPSA) is 33.7 Å². The Balaban J connectivity index is 1.61. The molecule has 1 N–H and O–H groups in total. The van der Waals surface area contributed by atoms with Gasteiger partial charge in [-0.2, -0.15) is 0 Å². The van der Waals surface area contributed by atoms with Gasteiger partial charge in [0, 0.05) is 24.7 Å². The fourth-order valence-corrected chi connectivity index (χ4v) is 3.02. The summed E-state index contributed by atoms with van der Waals surface area (Å²) in [6.45, 7) is 9.44. The van der Waals surface area contributed by atoms with Crippen LogP contribution in [0.2, 0.25) is 0 Å². The van der Waals surface area contributed by atoms with Crippen LogP contribution in [0.25, 0.3) is 0 Å². The second kappa shape index (κ2) is 5.62. The van der Waals surface area contributed by atoms with E-state index in [-0.39, 0.29) is 0 Å². The van der Waals surface area contributed by atoms with Gasteiger partial charge in [0.05, 0.1) is 0 Å². The van der Waals surface area contributed by atoms with Gasteiger partial charge in [0.1, 0.15) is 0 Å². The molecule has 4 nitrogen and oxygen atoms in total. The zero-order valence-corrected chi connectivity index (χ0v) is 12.6. The molecule has 0 radical (unpaired) electrons. The number of hydrogen-bond acceptors (Lipinski definition) is 4. The molecule has 0 bridgehead atoms. The third-order valence-corrected chi connectivity index (χ3v) is 4.33. The van der Waals surface area contributed by atoms with Gasteiger partial charge < -0.3 is 14.8 Å². The van der Waals surface area contributed by atoms with E-state index < -0.39 is 0 Å². The molecule has 0 amide bonds. The molecule has 0 spiro atoms. The lowest BCUT2D eigenvalue weighted by Gasteiger charge is -2.23. The van der Waals surface area contributed by atoms with Crippen LogP contribution in [0.3, 0.4) is 0 Å². The number of hydrogen-bond donors (Lipinski definition) is 1. The fraction of sp³-hybridized carbons (Fsp3) is 0.625. The molecule has 1 fully saturated rings. The number of fused-ring (bicyclic) bond motifs is 1. The van der Waals surface area contributed by atoms with E-state index in [4.69, 9.17) is 9.47 Å². The van der Waals surface area contributed by atoms with Gasteiger partial charge in [0.15, 0.2) is 11.5 Å². The summed E-state index contributed by atoms with van der Waals surface area (Å²) in [7, 11) is 0. The summed E-state index contributed by atoms with van der Waals surface area (Å²) < 4.78 is 10.8. The summed E-state index contributed by atoms with van der Waals surface area (Å²) in [5, 5.41) is 3.73. The maximum atomic E-state index is 5.45. The lowest BCUT2D eigenvalue weighted by Crippen LogP contribution is -2.36. The van der Waals surface area contributed by atoms with Crippen molar-refractivity contribution in [2.75, 3.05) is 19.9 Å². The van der Waals surface area contributed by atoms with Crippen molar-refractivity contribution in [1.29, 1.82) is 0 Å². The molecule has 0 saturated carbocycles. The molecule has 0 aliphatic carbocycles. The predicted octanol–water partition coefficient (Wildman–Crippen LogP) is 2.55. The number of likely N-dealkylation sites (tertiary alicyclic amines) is 1. The Morgan fingerprint density at radius 2 is 2.00 bits per heavy atom. The van der Waals surface area contributed by atoms with Crippen LogP contribution in [-0.2, 0) is 0 Å². The number of nitrogens with zero attached hydrogens (tertiary/aromatic N) is 1. The molecule has 0 aromatic heterocycles. The van der Waals surface area contributed by atoms with Gasteiger partial charge in [-0.25, -0.2) is 0 Å². The molecule has 1 saturated heterocycles. The third kappa shape index (κ3) is 2.76. The van der Waals surface area contributed by atoms with Gasteiger partial charge in [-0.1, -0.05) is 6.07 Å². The fourth-order valence-electron chi connectivity index (χ4n) is 3.02. The van der Waals surface area contributed by atoms with Crippen molar-refractivity contribution in [3.05, 3.63) is 23.8 Å². The van der Waals surface area contributed by atoms with Crippen LogP contribution in [0.1, 0.15) is 38.8 Å². The smallest absolute Gasteiger partial charge is 0.231 e. The zero-order chi connectivity index (χ0) is 14.1. The summed E-state index contributed by atoms with van der Waals surface area (Å²) in [6, 6.07) is 7.78. The molecule has 1 aromatic carbocycles. The van der Waals surface area contributed by atoms with Crippen molar-refractivity contribution in [2.45, 2.75) is 45.3 Å². The highest BCUT2D eigenvalue weighted by Gasteiger charge is 2.25. The summed E-state index contributed by atoms with van der Waals surface area (Å²) in [5.74, 6) is 1.72. The molecule has 4 heteroatoms. The van der Waals surface area contributed by atoms with Gasteiger partial charge in [0.25, 0.3) is 0 Å². The Morgan fingerprint density at radius 3 is 2.75 bits per heavy atom. The van der Waals surface area contributed by atoms with Gasteiger partial charge in [-0.15, -0.1) is 0 Å².